The summed E-state index contributed by atoms with van der Waals surface area (Å²) in [5, 5.41) is 3.09. The maximum atomic E-state index is 13.0. The van der Waals surface area contributed by atoms with E-state index in [1.54, 1.807) is 12.1 Å². The van der Waals surface area contributed by atoms with Crippen molar-refractivity contribution in [2.75, 3.05) is 37.6 Å². The molecule has 0 bridgehead atoms. The van der Waals surface area contributed by atoms with E-state index in [4.69, 9.17) is 5.73 Å². The standard InChI is InChI=1S/C19H31FN4O.2ClH/c1-3-4-5-17(14-21)22-19(25)15(2)23-10-12-24(13-11-23)18-8-6-16(20)7-9-18;;/h6-9,15,17H,3-5,10-14,21H2,1-2H3,(H,22,25);2*1H. The molecule has 2 unspecified atom stereocenters. The van der Waals surface area contributed by atoms with Crippen LogP contribution in [0.3, 0.4) is 0 Å². The molecule has 0 radical (unpaired) electrons. The van der Waals surface area contributed by atoms with Gasteiger partial charge in [-0.15, -0.1) is 24.8 Å². The zero-order valence-electron chi connectivity index (χ0n) is 16.2. The van der Waals surface area contributed by atoms with Crippen molar-refractivity contribution in [3.05, 3.63) is 30.1 Å². The Morgan fingerprint density at radius 3 is 2.30 bits per heavy atom. The summed E-state index contributed by atoms with van der Waals surface area (Å²) in [5.74, 6) is -0.160. The Kier molecular flexibility index (Phi) is 12.6. The molecule has 2 rings (SSSR count). The second-order valence-corrected chi connectivity index (χ2v) is 6.76. The number of carbonyl (C=O) groups is 1. The predicted octanol–water partition coefficient (Wildman–Crippen LogP) is 2.81. The maximum Gasteiger partial charge on any atom is 0.237 e. The molecule has 8 heteroatoms. The fraction of sp³-hybridized carbons (Fsp3) is 0.632. The third kappa shape index (κ3) is 7.82. The third-order valence-electron chi connectivity index (χ3n) is 4.97. The summed E-state index contributed by atoms with van der Waals surface area (Å²) < 4.78 is 13.0. The van der Waals surface area contributed by atoms with Gasteiger partial charge in [0.15, 0.2) is 0 Å². The van der Waals surface area contributed by atoms with E-state index in [2.05, 4.69) is 22.0 Å². The molecule has 1 saturated heterocycles. The van der Waals surface area contributed by atoms with Crippen LogP contribution in [0.2, 0.25) is 0 Å². The number of nitrogens with one attached hydrogen (secondary N) is 1. The van der Waals surface area contributed by atoms with Gasteiger partial charge in [0.05, 0.1) is 6.04 Å². The first-order valence-corrected chi connectivity index (χ1v) is 9.30. The summed E-state index contributed by atoms with van der Waals surface area (Å²) in [6.45, 7) is 7.87. The molecular formula is C19H33Cl2FN4O. The zero-order valence-corrected chi connectivity index (χ0v) is 17.8. The molecule has 1 aromatic rings. The van der Waals surface area contributed by atoms with Gasteiger partial charge in [0.1, 0.15) is 5.82 Å². The molecule has 27 heavy (non-hydrogen) atoms. The number of unbranched alkanes of at least 4 members (excludes halogenated alkanes) is 1. The van der Waals surface area contributed by atoms with Gasteiger partial charge in [-0.1, -0.05) is 19.8 Å². The topological polar surface area (TPSA) is 61.6 Å². The van der Waals surface area contributed by atoms with Crippen LogP contribution in [0.4, 0.5) is 10.1 Å². The Morgan fingerprint density at radius 1 is 1.19 bits per heavy atom. The van der Waals surface area contributed by atoms with Crippen molar-refractivity contribution in [3.63, 3.8) is 0 Å². The number of benzene rings is 1. The first kappa shape index (κ1) is 25.9. The minimum Gasteiger partial charge on any atom is -0.369 e. The van der Waals surface area contributed by atoms with Crippen molar-refractivity contribution in [2.24, 2.45) is 5.73 Å². The number of hydrogen-bond acceptors (Lipinski definition) is 4. The lowest BCUT2D eigenvalue weighted by molar-refractivity contribution is -0.126. The summed E-state index contributed by atoms with van der Waals surface area (Å²) in [7, 11) is 0. The van der Waals surface area contributed by atoms with E-state index in [0.29, 0.717) is 6.54 Å². The van der Waals surface area contributed by atoms with E-state index in [1.165, 1.54) is 12.1 Å². The number of piperazine rings is 1. The highest BCUT2D eigenvalue weighted by Gasteiger charge is 2.26. The van der Waals surface area contributed by atoms with E-state index in [0.717, 1.165) is 51.1 Å². The molecule has 1 fully saturated rings. The van der Waals surface area contributed by atoms with Gasteiger partial charge >= 0.3 is 0 Å². The molecule has 156 valence electrons. The molecule has 2 atom stereocenters. The van der Waals surface area contributed by atoms with Crippen LogP contribution < -0.4 is 16.0 Å². The van der Waals surface area contributed by atoms with Gasteiger partial charge in [-0.25, -0.2) is 4.39 Å². The van der Waals surface area contributed by atoms with Gasteiger partial charge in [-0.2, -0.15) is 0 Å². The van der Waals surface area contributed by atoms with Gasteiger partial charge in [0.25, 0.3) is 0 Å². The normalized spacial score (nSPS) is 16.7. The molecule has 1 aliphatic rings. The van der Waals surface area contributed by atoms with Crippen LogP contribution in [0.5, 0.6) is 0 Å². The SMILES string of the molecule is CCCCC(CN)NC(=O)C(C)N1CCN(c2ccc(F)cc2)CC1.Cl.Cl. The van der Waals surface area contributed by atoms with Crippen LogP contribution in [0.25, 0.3) is 0 Å². The number of anilines is 1. The minimum atomic E-state index is -0.217. The molecule has 1 heterocycles. The molecule has 0 aliphatic carbocycles. The molecule has 0 saturated carbocycles. The van der Waals surface area contributed by atoms with Crippen LogP contribution in [-0.4, -0.2) is 55.6 Å². The molecule has 0 spiro atoms. The smallest absolute Gasteiger partial charge is 0.237 e. The van der Waals surface area contributed by atoms with Crippen LogP contribution in [-0.2, 0) is 4.79 Å². The van der Waals surface area contributed by atoms with E-state index in [9.17, 15) is 9.18 Å². The quantitative estimate of drug-likeness (QED) is 0.675. The first-order valence-electron chi connectivity index (χ1n) is 9.30. The highest BCUT2D eigenvalue weighted by molar-refractivity contribution is 5.85. The molecule has 3 N–H and O–H groups in total. The van der Waals surface area contributed by atoms with Crippen LogP contribution in [0.1, 0.15) is 33.1 Å². The molecular weight excluding hydrogens is 390 g/mol. The van der Waals surface area contributed by atoms with Gasteiger partial charge in [0, 0.05) is 44.5 Å². The second-order valence-electron chi connectivity index (χ2n) is 6.76. The van der Waals surface area contributed by atoms with Crippen molar-refractivity contribution < 1.29 is 9.18 Å². The van der Waals surface area contributed by atoms with Gasteiger partial charge in [-0.3, -0.25) is 9.69 Å². The number of nitrogens with zero attached hydrogens (tertiary/aromatic N) is 2. The lowest BCUT2D eigenvalue weighted by Gasteiger charge is -2.38. The maximum absolute atomic E-state index is 13.0. The summed E-state index contributed by atoms with van der Waals surface area (Å²) in [4.78, 5) is 16.9. The number of halogens is 3. The van der Waals surface area contributed by atoms with E-state index < -0.39 is 0 Å². The van der Waals surface area contributed by atoms with Crippen molar-refractivity contribution in [1.29, 1.82) is 0 Å². The summed E-state index contributed by atoms with van der Waals surface area (Å²) >= 11 is 0. The fourth-order valence-corrected chi connectivity index (χ4v) is 3.21. The highest BCUT2D eigenvalue weighted by atomic mass is 35.5. The number of amides is 1. The van der Waals surface area contributed by atoms with E-state index in [-0.39, 0.29) is 48.6 Å². The average molecular weight is 423 g/mol. The number of hydrogen-bond donors (Lipinski definition) is 2. The van der Waals surface area contributed by atoms with Gasteiger partial charge in [0.2, 0.25) is 5.91 Å². The number of carbonyl (C=O) groups excluding carboxylic acids is 1. The lowest BCUT2D eigenvalue weighted by atomic mass is 10.1. The Bertz CT molecular complexity index is 539. The van der Waals surface area contributed by atoms with E-state index >= 15 is 0 Å². The third-order valence-corrected chi connectivity index (χ3v) is 4.97. The van der Waals surface area contributed by atoms with E-state index in [1.807, 2.05) is 6.92 Å². The number of rotatable bonds is 8. The summed E-state index contributed by atoms with van der Waals surface area (Å²) in [6, 6.07) is 6.49. The van der Waals surface area contributed by atoms with Gasteiger partial charge < -0.3 is 16.0 Å². The monoisotopic (exact) mass is 422 g/mol. The first-order chi connectivity index (χ1) is 12.0. The van der Waals surface area contributed by atoms with Crippen molar-refractivity contribution in [2.45, 2.75) is 45.2 Å². The molecule has 0 aromatic heterocycles. The van der Waals surface area contributed by atoms with Crippen LogP contribution >= 0.6 is 24.8 Å². The Morgan fingerprint density at radius 2 is 1.78 bits per heavy atom. The van der Waals surface area contributed by atoms with Gasteiger partial charge in [-0.05, 0) is 37.6 Å². The molecule has 5 nitrogen and oxygen atoms in total. The highest BCUT2D eigenvalue weighted by Crippen LogP contribution is 2.18. The van der Waals surface area contributed by atoms with Crippen molar-refractivity contribution in [1.82, 2.24) is 10.2 Å². The van der Waals surface area contributed by atoms with Crippen molar-refractivity contribution in [3.8, 4) is 0 Å². The Hall–Kier alpha value is -1.08. The van der Waals surface area contributed by atoms with Crippen LogP contribution in [0, 0.1) is 5.82 Å². The number of nitrogens with two attached hydrogens (primary N) is 1. The molecule has 1 aromatic carbocycles. The van der Waals surface area contributed by atoms with Crippen molar-refractivity contribution >= 4 is 36.4 Å². The Balaban J connectivity index is 0.00000338. The summed E-state index contributed by atoms with van der Waals surface area (Å²) in [5.41, 5.74) is 6.80. The predicted molar refractivity (Wildman–Crippen MR) is 115 cm³/mol. The molecule has 1 aliphatic heterocycles. The summed E-state index contributed by atoms with van der Waals surface area (Å²) in [6.07, 6.45) is 3.12. The lowest BCUT2D eigenvalue weighted by Crippen LogP contribution is -2.55. The second kappa shape index (κ2) is 13.2. The largest absolute Gasteiger partial charge is 0.369 e. The Labute approximate surface area is 174 Å². The van der Waals surface area contributed by atoms with Crippen LogP contribution in [0.15, 0.2) is 24.3 Å². The zero-order chi connectivity index (χ0) is 18.2. The molecule has 1 amide bonds. The average Bonchev–Trinajstić information content (AvgIpc) is 2.65. The minimum absolute atomic E-state index is 0. The fourth-order valence-electron chi connectivity index (χ4n) is 3.21.